The Labute approximate surface area is 161 Å². The third-order valence-electron chi connectivity index (χ3n) is 3.88. The maximum absolute atomic E-state index is 14.6. The molecule has 0 radical (unpaired) electrons. The van der Waals surface area contributed by atoms with E-state index in [2.05, 4.69) is 4.72 Å². The topological polar surface area (TPSA) is 133 Å². The minimum Gasteiger partial charge on any atom is -0.506 e. The van der Waals surface area contributed by atoms with Crippen molar-refractivity contribution in [2.45, 2.75) is 6.42 Å². The predicted octanol–water partition coefficient (Wildman–Crippen LogP) is 0.675. The van der Waals surface area contributed by atoms with E-state index in [0.29, 0.717) is 15.6 Å². The van der Waals surface area contributed by atoms with Crippen LogP contribution in [0.4, 0.5) is 15.8 Å². The van der Waals surface area contributed by atoms with E-state index in [1.165, 1.54) is 6.07 Å². The summed E-state index contributed by atoms with van der Waals surface area (Å²) in [6, 6.07) is 8.64. The number of hydrogen-bond donors (Lipinski definition) is 3. The highest BCUT2D eigenvalue weighted by Crippen LogP contribution is 2.35. The molecule has 3 rings (SSSR count). The summed E-state index contributed by atoms with van der Waals surface area (Å²) in [4.78, 5) is 11.3. The molecule has 28 heavy (non-hydrogen) atoms. The maximum atomic E-state index is 14.6. The molecule has 0 aliphatic carbocycles. The number of para-hydroxylation sites is 1. The Kier molecular flexibility index (Phi) is 4.93. The van der Waals surface area contributed by atoms with Gasteiger partial charge in [0.25, 0.3) is 5.91 Å². The van der Waals surface area contributed by atoms with Crippen LogP contribution in [0.25, 0.3) is 0 Å². The highest BCUT2D eigenvalue weighted by molar-refractivity contribution is 7.92. The molecule has 1 heterocycles. The molecule has 1 amide bonds. The number of rotatable bonds is 5. The van der Waals surface area contributed by atoms with Crippen LogP contribution in [0.2, 0.25) is 0 Å². The van der Waals surface area contributed by atoms with Crippen molar-refractivity contribution in [3.05, 3.63) is 53.3 Å². The Bertz CT molecular complexity index is 1140. The van der Waals surface area contributed by atoms with Crippen molar-refractivity contribution in [1.29, 1.82) is 0 Å². The normalized spacial score (nSPS) is 16.1. The lowest BCUT2D eigenvalue weighted by Crippen LogP contribution is -2.30. The zero-order valence-electron chi connectivity index (χ0n) is 14.5. The average Bonchev–Trinajstić information content (AvgIpc) is 2.80. The van der Waals surface area contributed by atoms with E-state index >= 15 is 0 Å². The van der Waals surface area contributed by atoms with Crippen LogP contribution in [0.3, 0.4) is 0 Å². The van der Waals surface area contributed by atoms with Crippen LogP contribution in [0, 0.1) is 5.82 Å². The van der Waals surface area contributed by atoms with Crippen LogP contribution in [0.15, 0.2) is 36.4 Å². The number of phenols is 1. The average molecular weight is 429 g/mol. The molecule has 0 bridgehead atoms. The molecule has 3 N–H and O–H groups in total. The lowest BCUT2D eigenvalue weighted by atomic mass is 10.0. The summed E-state index contributed by atoms with van der Waals surface area (Å²) in [5.41, 5.74) is 0.457. The number of phenolic OH excluding ortho intramolecular Hbond substituents is 1. The fourth-order valence-electron chi connectivity index (χ4n) is 2.83. The molecule has 12 heteroatoms. The van der Waals surface area contributed by atoms with Gasteiger partial charge >= 0.3 is 10.2 Å². The first-order valence-corrected chi connectivity index (χ1v) is 11.2. The monoisotopic (exact) mass is 429 g/mol. The standard InChI is InChI=1S/C16H16FN3O6S2/c1-27(23,24)18-13-5-3-2-4-11(13)6-10-7-12(17)16(14(21)8-10)20-9-15(22)19-28(20,25)26/h2-5,7-8,18,21H,6,9H2,1H3,(H,19,22). The highest BCUT2D eigenvalue weighted by Gasteiger charge is 2.37. The zero-order valence-corrected chi connectivity index (χ0v) is 16.1. The smallest absolute Gasteiger partial charge is 0.326 e. The highest BCUT2D eigenvalue weighted by atomic mass is 32.2. The second kappa shape index (κ2) is 6.95. The first kappa shape index (κ1) is 19.9. The van der Waals surface area contributed by atoms with Crippen LogP contribution in [0.5, 0.6) is 5.75 Å². The summed E-state index contributed by atoms with van der Waals surface area (Å²) in [5, 5.41) is 10.2. The van der Waals surface area contributed by atoms with Crippen LogP contribution in [-0.2, 0) is 31.4 Å². The Morgan fingerprint density at radius 3 is 2.54 bits per heavy atom. The van der Waals surface area contributed by atoms with Gasteiger partial charge in [0.2, 0.25) is 10.0 Å². The molecule has 1 saturated heterocycles. The molecule has 0 aromatic heterocycles. The van der Waals surface area contributed by atoms with Crippen molar-refractivity contribution in [2.24, 2.45) is 0 Å². The van der Waals surface area contributed by atoms with E-state index < -0.39 is 49.9 Å². The molecule has 9 nitrogen and oxygen atoms in total. The van der Waals surface area contributed by atoms with Gasteiger partial charge in [0.15, 0.2) is 5.82 Å². The van der Waals surface area contributed by atoms with E-state index in [4.69, 9.17) is 0 Å². The van der Waals surface area contributed by atoms with E-state index in [1.807, 2.05) is 0 Å². The zero-order chi connectivity index (χ0) is 20.7. The molecule has 150 valence electrons. The van der Waals surface area contributed by atoms with Crippen molar-refractivity contribution in [3.63, 3.8) is 0 Å². The van der Waals surface area contributed by atoms with Gasteiger partial charge in [-0.05, 0) is 35.7 Å². The number of anilines is 2. The first-order chi connectivity index (χ1) is 13.0. The summed E-state index contributed by atoms with van der Waals surface area (Å²) >= 11 is 0. The van der Waals surface area contributed by atoms with Crippen LogP contribution < -0.4 is 13.7 Å². The number of nitrogens with zero attached hydrogens (tertiary/aromatic N) is 1. The molecule has 1 aliphatic heterocycles. The minimum absolute atomic E-state index is 0.0629. The van der Waals surface area contributed by atoms with Gasteiger partial charge in [-0.1, -0.05) is 18.2 Å². The van der Waals surface area contributed by atoms with Gasteiger partial charge in [-0.3, -0.25) is 9.52 Å². The summed E-state index contributed by atoms with van der Waals surface area (Å²) in [6.07, 6.45) is 1.06. The Hall–Kier alpha value is -2.86. The van der Waals surface area contributed by atoms with Gasteiger partial charge in [-0.2, -0.15) is 8.42 Å². The summed E-state index contributed by atoms with van der Waals surface area (Å²) in [7, 11) is -7.81. The number of amides is 1. The number of carbonyl (C=O) groups excluding carboxylic acids is 1. The number of carbonyl (C=O) groups is 1. The molecular weight excluding hydrogens is 413 g/mol. The molecule has 0 saturated carbocycles. The maximum Gasteiger partial charge on any atom is 0.326 e. The molecule has 0 unspecified atom stereocenters. The van der Waals surface area contributed by atoms with Crippen molar-refractivity contribution >= 4 is 37.5 Å². The molecular formula is C16H16FN3O6S2. The van der Waals surface area contributed by atoms with Crippen molar-refractivity contribution in [2.75, 3.05) is 21.8 Å². The Balaban J connectivity index is 1.96. The van der Waals surface area contributed by atoms with Crippen molar-refractivity contribution in [1.82, 2.24) is 4.72 Å². The Morgan fingerprint density at radius 1 is 1.29 bits per heavy atom. The third-order valence-corrected chi connectivity index (χ3v) is 5.85. The molecule has 2 aromatic rings. The van der Waals surface area contributed by atoms with Gasteiger partial charge in [0, 0.05) is 0 Å². The molecule has 1 aliphatic rings. The molecule has 0 spiro atoms. The fraction of sp³-hybridized carbons (Fsp3) is 0.188. The molecule has 0 atom stereocenters. The van der Waals surface area contributed by atoms with E-state index in [9.17, 15) is 31.1 Å². The fourth-order valence-corrected chi connectivity index (χ4v) is 4.60. The van der Waals surface area contributed by atoms with Gasteiger partial charge in [0.05, 0.1) is 11.9 Å². The van der Waals surface area contributed by atoms with Gasteiger partial charge in [-0.25, -0.2) is 21.8 Å². The minimum atomic E-state index is -4.28. The number of benzene rings is 2. The first-order valence-electron chi connectivity index (χ1n) is 7.86. The number of aromatic hydroxyl groups is 1. The molecule has 2 aromatic carbocycles. The van der Waals surface area contributed by atoms with Crippen molar-refractivity contribution < 1.29 is 31.1 Å². The summed E-state index contributed by atoms with van der Waals surface area (Å²) in [6.45, 7) is -0.646. The Morgan fingerprint density at radius 2 is 1.96 bits per heavy atom. The summed E-state index contributed by atoms with van der Waals surface area (Å²) in [5.74, 6) is -2.55. The number of halogens is 1. The number of hydrogen-bond acceptors (Lipinski definition) is 6. The largest absolute Gasteiger partial charge is 0.506 e. The van der Waals surface area contributed by atoms with Crippen LogP contribution in [-0.4, -0.2) is 40.6 Å². The number of nitrogens with one attached hydrogen (secondary N) is 2. The van der Waals surface area contributed by atoms with E-state index in [1.54, 1.807) is 22.9 Å². The van der Waals surface area contributed by atoms with Gasteiger partial charge < -0.3 is 5.11 Å². The van der Waals surface area contributed by atoms with Crippen LogP contribution in [0.1, 0.15) is 11.1 Å². The lowest BCUT2D eigenvalue weighted by Gasteiger charge is -2.18. The van der Waals surface area contributed by atoms with Crippen LogP contribution >= 0.6 is 0 Å². The van der Waals surface area contributed by atoms with Gasteiger partial charge in [0.1, 0.15) is 18.0 Å². The number of sulfonamides is 1. The molecule has 1 fully saturated rings. The van der Waals surface area contributed by atoms with Crippen molar-refractivity contribution in [3.8, 4) is 5.75 Å². The quantitative estimate of drug-likeness (QED) is 0.640. The predicted molar refractivity (Wildman–Crippen MR) is 100 cm³/mol. The van der Waals surface area contributed by atoms with E-state index in [-0.39, 0.29) is 12.0 Å². The van der Waals surface area contributed by atoms with E-state index in [0.717, 1.165) is 18.4 Å². The SMILES string of the molecule is CS(=O)(=O)Nc1ccccc1Cc1cc(O)c(N2CC(=O)NS2(=O)=O)c(F)c1. The second-order valence-corrected chi connectivity index (χ2v) is 9.53. The second-order valence-electron chi connectivity index (χ2n) is 6.19. The van der Waals surface area contributed by atoms with Gasteiger partial charge in [-0.15, -0.1) is 0 Å². The lowest BCUT2D eigenvalue weighted by molar-refractivity contribution is -0.117. The summed E-state index contributed by atoms with van der Waals surface area (Å²) < 4.78 is 65.8. The third kappa shape index (κ3) is 4.17.